The van der Waals surface area contributed by atoms with Crippen LogP contribution in [0.5, 0.6) is 46.0 Å². The van der Waals surface area contributed by atoms with Gasteiger partial charge in [-0.25, -0.2) is 0 Å². The molecule has 91 heavy (non-hydrogen) atoms. The summed E-state index contributed by atoms with van der Waals surface area (Å²) in [5.74, 6) is 4.86. The van der Waals surface area contributed by atoms with Gasteiger partial charge in [0.2, 0.25) is 0 Å². The van der Waals surface area contributed by atoms with Crippen molar-refractivity contribution in [3.05, 3.63) is 271 Å². The van der Waals surface area contributed by atoms with E-state index in [1.807, 2.05) is 127 Å². The molecule has 11 aromatic carbocycles. The Balaban J connectivity index is 1.01. The fourth-order valence-electron chi connectivity index (χ4n) is 12.2. The van der Waals surface area contributed by atoms with Crippen LogP contribution in [0.4, 0.5) is 34.1 Å². The summed E-state index contributed by atoms with van der Waals surface area (Å²) in [6, 6.07) is 89.1. The minimum absolute atomic E-state index is 0.105. The number of anilines is 6. The van der Waals surface area contributed by atoms with Crippen molar-refractivity contribution in [1.82, 2.24) is 4.57 Å². The number of hydrogen-bond acceptors (Lipinski definition) is 7. The van der Waals surface area contributed by atoms with Crippen LogP contribution in [-0.2, 0) is 0 Å². The zero-order valence-corrected chi connectivity index (χ0v) is 58.2. The summed E-state index contributed by atoms with van der Waals surface area (Å²) >= 11 is 0. The molecule has 12 aromatic rings. The molecule has 0 spiro atoms. The fourth-order valence-corrected chi connectivity index (χ4v) is 18.4. The third-order valence-electron chi connectivity index (χ3n) is 16.4. The second-order valence-corrected chi connectivity index (χ2v) is 47.6. The maximum atomic E-state index is 15.1. The predicted octanol–water partition coefficient (Wildman–Crippen LogP) is 20.4. The first-order valence-electron chi connectivity index (χ1n) is 31.3. The second-order valence-electron chi connectivity index (χ2n) is 27.5. The molecule has 0 radical (unpaired) electrons. The van der Waals surface area contributed by atoms with Crippen LogP contribution in [0.2, 0.25) is 78.6 Å². The van der Waals surface area contributed by atoms with E-state index >= 15 is 4.79 Å². The quantitative estimate of drug-likeness (QED) is 0.0590. The van der Waals surface area contributed by atoms with Gasteiger partial charge in [0.05, 0.1) is 54.7 Å². The van der Waals surface area contributed by atoms with E-state index in [0.29, 0.717) is 67.8 Å². The Morgan fingerprint density at radius 2 is 0.549 bits per heavy atom. The van der Waals surface area contributed by atoms with E-state index in [9.17, 15) is 0 Å². The molecule has 0 aliphatic rings. The summed E-state index contributed by atoms with van der Waals surface area (Å²) in [5, 5.41) is 6.45. The Bertz CT molecular complexity index is 4300. The smallest absolute Gasteiger partial charge is 0.197 e. The molecule has 0 aliphatic carbocycles. The van der Waals surface area contributed by atoms with Crippen molar-refractivity contribution in [3.8, 4) is 51.7 Å². The van der Waals surface area contributed by atoms with Crippen LogP contribution in [-0.4, -0.2) is 36.9 Å². The maximum Gasteiger partial charge on any atom is 0.197 e. The van der Waals surface area contributed by atoms with Gasteiger partial charge in [0.15, 0.2) is 5.43 Å². The summed E-state index contributed by atoms with van der Waals surface area (Å²) < 4.78 is 29.9. The molecule has 0 bridgehead atoms. The van der Waals surface area contributed by atoms with Crippen molar-refractivity contribution >= 4 is 109 Å². The Hall–Kier alpha value is -9.44. The lowest BCUT2D eigenvalue weighted by Gasteiger charge is -2.35. The first-order valence-corrected chi connectivity index (χ1v) is 45.3. The minimum atomic E-state index is -1.92. The lowest BCUT2D eigenvalue weighted by Crippen LogP contribution is -2.43. The van der Waals surface area contributed by atoms with E-state index in [1.54, 1.807) is 0 Å². The monoisotopic (exact) mass is 1260 g/mol. The van der Waals surface area contributed by atoms with Gasteiger partial charge in [-0.2, -0.15) is 0 Å². The number of aromatic nitrogens is 1. The number of ether oxygens (including phenoxy) is 4. The van der Waals surface area contributed by atoms with Gasteiger partial charge in [-0.1, -0.05) is 206 Å². The summed E-state index contributed by atoms with van der Waals surface area (Å²) in [6.07, 6.45) is 0. The highest BCUT2D eigenvalue weighted by Crippen LogP contribution is 2.44. The molecule has 0 saturated heterocycles. The Morgan fingerprint density at radius 3 is 0.857 bits per heavy atom. The molecule has 0 aliphatic heterocycles. The van der Waals surface area contributed by atoms with Crippen molar-refractivity contribution in [2.75, 3.05) is 9.80 Å². The van der Waals surface area contributed by atoms with Crippen molar-refractivity contribution in [3.63, 3.8) is 0 Å². The molecule has 0 unspecified atom stereocenters. The molecule has 1 heterocycles. The van der Waals surface area contributed by atoms with E-state index in [1.165, 1.54) is 20.7 Å². The van der Waals surface area contributed by atoms with Gasteiger partial charge < -0.3 is 33.3 Å². The Labute approximate surface area is 540 Å². The summed E-state index contributed by atoms with van der Waals surface area (Å²) in [6.45, 7) is 28.8. The predicted molar refractivity (Wildman–Crippen MR) is 394 cm³/mol. The average molecular weight is 1260 g/mol. The lowest BCUT2D eigenvalue weighted by atomic mass is 10.1. The average Bonchev–Trinajstić information content (AvgIpc) is 0.761. The molecular weight excluding hydrogens is 1180 g/mol. The number of nitrogens with zero attached hydrogens (tertiary/aromatic N) is 3. The van der Waals surface area contributed by atoms with Crippen molar-refractivity contribution < 1.29 is 18.9 Å². The summed E-state index contributed by atoms with van der Waals surface area (Å²) in [5.41, 5.74) is 8.41. The number of para-hydroxylation sites is 7. The van der Waals surface area contributed by atoms with Crippen molar-refractivity contribution in [2.24, 2.45) is 0 Å². The maximum absolute atomic E-state index is 15.1. The molecule has 12 heteroatoms. The largest absolute Gasteiger partial charge is 0.457 e. The standard InChI is InChI=1S/C79H79N3O5Si4/c1-88(2,3)75-40-26-22-36-69(75)81(70-37-23-27-41-76(70)89(4,5)6)57-48-63(84-59-32-18-14-19-33-59)52-65(50-57)86-61-44-46-67-73(54-61)80(56-30-16-13-17-31-56)74-55-62(45-47-68(74)79(67)83)87-66-51-58(49-64(53-66)85-60-34-20-15-21-35-60)82(71-38-24-28-42-77(71)90(7,8)9)72-39-25-29-43-78(72)91(10,11)12/h13-55H,1-12H3. The third-order valence-corrected chi connectivity index (χ3v) is 24.6. The normalized spacial score (nSPS) is 12.0. The number of hydrogen-bond donors (Lipinski definition) is 0. The van der Waals surface area contributed by atoms with Crippen molar-refractivity contribution in [2.45, 2.75) is 78.6 Å². The molecule has 456 valence electrons. The molecule has 0 atom stereocenters. The fraction of sp³-hybridized carbons (Fsp3) is 0.152. The Morgan fingerprint density at radius 1 is 0.275 bits per heavy atom. The molecular formula is C79H79N3O5Si4. The SMILES string of the molecule is C[Si](C)(C)c1ccccc1N(c1cc(Oc2ccccc2)cc(Oc2ccc3c(=O)c4ccc(Oc5cc(Oc6ccccc6)cc(N(c6ccccc6[Si](C)(C)C)c6ccccc6[Si](C)(C)C)c5)cc4n(-c4ccccc4)c3c2)c1)c1ccccc1[Si](C)(C)C. The van der Waals surface area contributed by atoms with Crippen LogP contribution in [0.1, 0.15) is 0 Å². The lowest BCUT2D eigenvalue weighted by molar-refractivity contribution is 0.460. The Kier molecular flexibility index (Phi) is 17.0. The molecule has 0 saturated carbocycles. The molecule has 12 rings (SSSR count). The number of fused-ring (bicyclic) bond motifs is 2. The van der Waals surface area contributed by atoms with Gasteiger partial charge in [-0.05, 0) is 106 Å². The van der Waals surface area contributed by atoms with E-state index in [2.05, 4.69) is 226 Å². The van der Waals surface area contributed by atoms with Gasteiger partial charge >= 0.3 is 0 Å². The molecule has 0 fully saturated rings. The highest BCUT2D eigenvalue weighted by Gasteiger charge is 2.32. The van der Waals surface area contributed by atoms with Gasteiger partial charge in [0.25, 0.3) is 0 Å². The molecule has 1 aromatic heterocycles. The van der Waals surface area contributed by atoms with Crippen LogP contribution >= 0.6 is 0 Å². The second kappa shape index (κ2) is 25.1. The zero-order valence-electron chi connectivity index (χ0n) is 54.2. The minimum Gasteiger partial charge on any atom is -0.457 e. The zero-order chi connectivity index (χ0) is 63.8. The topological polar surface area (TPSA) is 65.4 Å². The van der Waals surface area contributed by atoms with Crippen LogP contribution in [0.15, 0.2) is 266 Å². The first kappa shape index (κ1) is 61.8. The number of pyridine rings is 1. The molecule has 0 amide bonds. The van der Waals surface area contributed by atoms with Crippen LogP contribution < -0.4 is 54.9 Å². The van der Waals surface area contributed by atoms with E-state index in [0.717, 1.165) is 39.8 Å². The van der Waals surface area contributed by atoms with Crippen LogP contribution in [0, 0.1) is 0 Å². The molecule has 8 nitrogen and oxygen atoms in total. The number of rotatable bonds is 19. The van der Waals surface area contributed by atoms with Gasteiger partial charge in [-0.15, -0.1) is 0 Å². The van der Waals surface area contributed by atoms with E-state index in [-0.39, 0.29) is 5.43 Å². The highest BCUT2D eigenvalue weighted by molar-refractivity contribution is 6.91. The van der Waals surface area contributed by atoms with Gasteiger partial charge in [0, 0.05) is 87.7 Å². The summed E-state index contributed by atoms with van der Waals surface area (Å²) in [4.78, 5) is 19.9. The first-order chi connectivity index (χ1) is 43.5. The summed E-state index contributed by atoms with van der Waals surface area (Å²) in [7, 11) is -7.68. The van der Waals surface area contributed by atoms with E-state index in [4.69, 9.17) is 18.9 Å². The van der Waals surface area contributed by atoms with Crippen molar-refractivity contribution in [1.29, 1.82) is 0 Å². The molecule has 0 N–H and O–H groups in total. The van der Waals surface area contributed by atoms with Gasteiger partial charge in [0.1, 0.15) is 46.0 Å². The van der Waals surface area contributed by atoms with Crippen LogP contribution in [0.25, 0.3) is 27.5 Å². The van der Waals surface area contributed by atoms with E-state index < -0.39 is 32.3 Å². The number of benzene rings is 11. The van der Waals surface area contributed by atoms with Crippen LogP contribution in [0.3, 0.4) is 0 Å². The van der Waals surface area contributed by atoms with Gasteiger partial charge in [-0.3, -0.25) is 4.79 Å². The highest BCUT2D eigenvalue weighted by atomic mass is 28.3. The third kappa shape index (κ3) is 13.4.